The Morgan fingerprint density at radius 2 is 1.72 bits per heavy atom. The van der Waals surface area contributed by atoms with E-state index in [2.05, 4.69) is 10.6 Å². The van der Waals surface area contributed by atoms with Crippen molar-refractivity contribution in [3.05, 3.63) is 59.5 Å². The van der Waals surface area contributed by atoms with Gasteiger partial charge in [-0.3, -0.25) is 9.59 Å². The Bertz CT molecular complexity index is 686. The van der Waals surface area contributed by atoms with E-state index in [0.717, 1.165) is 37.0 Å². The van der Waals surface area contributed by atoms with Gasteiger partial charge in [-0.05, 0) is 42.7 Å². The minimum atomic E-state index is -0.144. The van der Waals surface area contributed by atoms with Crippen LogP contribution in [0.1, 0.15) is 53.8 Å². The van der Waals surface area contributed by atoms with Crippen LogP contribution in [0.5, 0.6) is 0 Å². The lowest BCUT2D eigenvalue weighted by atomic mass is 9.88. The number of nitrogens with one attached hydrogen (secondary N) is 2. The molecule has 0 unspecified atom stereocenters. The molecule has 0 atom stereocenters. The third-order valence-corrected chi connectivity index (χ3v) is 4.66. The SMILES string of the molecule is O=C(NCc1ccco1)c1ccc(CNC(=O)C2CCCCC2)cc1. The summed E-state index contributed by atoms with van der Waals surface area (Å²) in [6, 6.07) is 10.9. The Morgan fingerprint density at radius 3 is 2.40 bits per heavy atom. The van der Waals surface area contributed by atoms with E-state index in [1.54, 1.807) is 24.5 Å². The zero-order valence-corrected chi connectivity index (χ0v) is 14.3. The average molecular weight is 340 g/mol. The van der Waals surface area contributed by atoms with Crippen LogP contribution in [0.25, 0.3) is 0 Å². The lowest BCUT2D eigenvalue weighted by molar-refractivity contribution is -0.126. The van der Waals surface area contributed by atoms with E-state index in [4.69, 9.17) is 4.42 Å². The van der Waals surface area contributed by atoms with Crippen molar-refractivity contribution in [3.8, 4) is 0 Å². The van der Waals surface area contributed by atoms with Crippen molar-refractivity contribution in [1.29, 1.82) is 0 Å². The highest BCUT2D eigenvalue weighted by Gasteiger charge is 2.20. The highest BCUT2D eigenvalue weighted by molar-refractivity contribution is 5.94. The molecule has 0 radical (unpaired) electrons. The van der Waals surface area contributed by atoms with Gasteiger partial charge in [0.05, 0.1) is 12.8 Å². The van der Waals surface area contributed by atoms with Crippen LogP contribution in [-0.2, 0) is 17.9 Å². The summed E-state index contributed by atoms with van der Waals surface area (Å²) in [4.78, 5) is 24.3. The molecular formula is C20H24N2O3. The fraction of sp³-hybridized carbons (Fsp3) is 0.400. The van der Waals surface area contributed by atoms with Crippen LogP contribution in [0.15, 0.2) is 47.1 Å². The van der Waals surface area contributed by atoms with Gasteiger partial charge in [0.15, 0.2) is 0 Å². The topological polar surface area (TPSA) is 71.3 Å². The van der Waals surface area contributed by atoms with E-state index in [-0.39, 0.29) is 17.7 Å². The Morgan fingerprint density at radius 1 is 0.960 bits per heavy atom. The normalized spacial score (nSPS) is 14.9. The maximum absolute atomic E-state index is 12.2. The van der Waals surface area contributed by atoms with Crippen molar-refractivity contribution < 1.29 is 14.0 Å². The Kier molecular flexibility index (Phi) is 5.88. The van der Waals surface area contributed by atoms with Gasteiger partial charge in [0.2, 0.25) is 5.91 Å². The molecular weight excluding hydrogens is 316 g/mol. The third-order valence-electron chi connectivity index (χ3n) is 4.66. The van der Waals surface area contributed by atoms with Gasteiger partial charge in [-0.2, -0.15) is 0 Å². The van der Waals surface area contributed by atoms with E-state index in [1.807, 2.05) is 18.2 Å². The molecule has 1 fully saturated rings. The first kappa shape index (κ1) is 17.3. The molecule has 1 saturated carbocycles. The molecule has 1 aliphatic carbocycles. The van der Waals surface area contributed by atoms with Crippen LogP contribution in [0, 0.1) is 5.92 Å². The van der Waals surface area contributed by atoms with Gasteiger partial charge in [0.25, 0.3) is 5.91 Å². The highest BCUT2D eigenvalue weighted by Crippen LogP contribution is 2.23. The molecule has 5 nitrogen and oxygen atoms in total. The maximum atomic E-state index is 12.2. The van der Waals surface area contributed by atoms with Crippen LogP contribution < -0.4 is 10.6 Å². The van der Waals surface area contributed by atoms with Crippen molar-refractivity contribution in [2.24, 2.45) is 5.92 Å². The predicted octanol–water partition coefficient (Wildman–Crippen LogP) is 3.41. The molecule has 0 spiro atoms. The molecule has 2 N–H and O–H groups in total. The van der Waals surface area contributed by atoms with Crippen molar-refractivity contribution in [2.75, 3.05) is 0 Å². The second kappa shape index (κ2) is 8.51. The standard InChI is InChI=1S/C20H24N2O3/c23-19(16-5-2-1-3-6-16)21-13-15-8-10-17(11-9-15)20(24)22-14-18-7-4-12-25-18/h4,7-12,16H,1-3,5-6,13-14H2,(H,21,23)(H,22,24). The molecule has 1 heterocycles. The van der Waals surface area contributed by atoms with Crippen LogP contribution in [0.2, 0.25) is 0 Å². The summed E-state index contributed by atoms with van der Waals surface area (Å²) < 4.78 is 5.19. The molecule has 25 heavy (non-hydrogen) atoms. The van der Waals surface area contributed by atoms with Crippen molar-refractivity contribution >= 4 is 11.8 Å². The van der Waals surface area contributed by atoms with E-state index in [0.29, 0.717) is 18.7 Å². The van der Waals surface area contributed by atoms with E-state index < -0.39 is 0 Å². The fourth-order valence-corrected chi connectivity index (χ4v) is 3.15. The number of hydrogen-bond acceptors (Lipinski definition) is 3. The molecule has 2 aromatic rings. The highest BCUT2D eigenvalue weighted by atomic mass is 16.3. The number of benzene rings is 1. The van der Waals surface area contributed by atoms with Crippen molar-refractivity contribution in [1.82, 2.24) is 10.6 Å². The zero-order valence-electron chi connectivity index (χ0n) is 14.3. The lowest BCUT2D eigenvalue weighted by Gasteiger charge is -2.20. The van der Waals surface area contributed by atoms with E-state index >= 15 is 0 Å². The number of carbonyl (C=O) groups is 2. The van der Waals surface area contributed by atoms with E-state index in [9.17, 15) is 9.59 Å². The molecule has 1 aliphatic rings. The quantitative estimate of drug-likeness (QED) is 0.846. The molecule has 132 valence electrons. The average Bonchev–Trinajstić information content (AvgIpc) is 3.19. The number of hydrogen-bond donors (Lipinski definition) is 2. The molecule has 2 amide bonds. The second-order valence-electron chi connectivity index (χ2n) is 6.51. The summed E-state index contributed by atoms with van der Waals surface area (Å²) in [5.74, 6) is 0.893. The number of amides is 2. The fourth-order valence-electron chi connectivity index (χ4n) is 3.15. The van der Waals surface area contributed by atoms with Crippen LogP contribution >= 0.6 is 0 Å². The molecule has 0 bridgehead atoms. The van der Waals surface area contributed by atoms with Gasteiger partial charge in [-0.15, -0.1) is 0 Å². The van der Waals surface area contributed by atoms with E-state index in [1.165, 1.54) is 6.42 Å². The van der Waals surface area contributed by atoms with Gasteiger partial charge in [-0.25, -0.2) is 0 Å². The molecule has 5 heteroatoms. The minimum absolute atomic E-state index is 0.144. The Balaban J connectivity index is 1.46. The summed E-state index contributed by atoms with van der Waals surface area (Å²) >= 11 is 0. The summed E-state index contributed by atoms with van der Waals surface area (Å²) in [5.41, 5.74) is 1.58. The summed E-state index contributed by atoms with van der Waals surface area (Å²) in [6.45, 7) is 0.870. The number of furan rings is 1. The molecule has 3 rings (SSSR count). The molecule has 0 aliphatic heterocycles. The van der Waals surface area contributed by atoms with Gasteiger partial charge in [-0.1, -0.05) is 31.4 Å². The summed E-state index contributed by atoms with van der Waals surface area (Å²) in [5, 5.41) is 5.82. The lowest BCUT2D eigenvalue weighted by Crippen LogP contribution is -2.31. The van der Waals surface area contributed by atoms with Gasteiger partial charge < -0.3 is 15.1 Å². The summed E-state index contributed by atoms with van der Waals surface area (Å²) in [7, 11) is 0. The smallest absolute Gasteiger partial charge is 0.251 e. The Hall–Kier alpha value is -2.56. The predicted molar refractivity (Wildman–Crippen MR) is 94.7 cm³/mol. The van der Waals surface area contributed by atoms with Gasteiger partial charge >= 0.3 is 0 Å². The molecule has 1 aromatic heterocycles. The minimum Gasteiger partial charge on any atom is -0.467 e. The largest absolute Gasteiger partial charge is 0.467 e. The maximum Gasteiger partial charge on any atom is 0.251 e. The zero-order chi connectivity index (χ0) is 17.5. The molecule has 1 aromatic carbocycles. The van der Waals surface area contributed by atoms with Gasteiger partial charge in [0, 0.05) is 18.0 Å². The van der Waals surface area contributed by atoms with Crippen LogP contribution in [-0.4, -0.2) is 11.8 Å². The number of rotatable bonds is 6. The summed E-state index contributed by atoms with van der Waals surface area (Å²) in [6.07, 6.45) is 7.13. The second-order valence-corrected chi connectivity index (χ2v) is 6.51. The van der Waals surface area contributed by atoms with Crippen LogP contribution in [0.4, 0.5) is 0 Å². The van der Waals surface area contributed by atoms with Crippen molar-refractivity contribution in [2.45, 2.75) is 45.2 Å². The van der Waals surface area contributed by atoms with Crippen molar-refractivity contribution in [3.63, 3.8) is 0 Å². The first-order valence-electron chi connectivity index (χ1n) is 8.89. The van der Waals surface area contributed by atoms with Crippen LogP contribution in [0.3, 0.4) is 0 Å². The Labute approximate surface area is 147 Å². The third kappa shape index (κ3) is 4.95. The first-order valence-corrected chi connectivity index (χ1v) is 8.89. The number of carbonyl (C=O) groups excluding carboxylic acids is 2. The molecule has 0 saturated heterocycles. The van der Waals surface area contributed by atoms with Gasteiger partial charge in [0.1, 0.15) is 5.76 Å². The first-order chi connectivity index (χ1) is 12.2. The monoisotopic (exact) mass is 340 g/mol.